The Morgan fingerprint density at radius 1 is 1.53 bits per heavy atom. The SMILES string of the molecule is CCN(CCN)S(=O)(=O)c1ccc(C#N)nc1. The first-order chi connectivity index (χ1) is 8.06. The number of pyridine rings is 1. The van der Waals surface area contributed by atoms with E-state index in [4.69, 9.17) is 11.0 Å². The molecule has 0 aliphatic rings. The minimum Gasteiger partial charge on any atom is -0.329 e. The van der Waals surface area contributed by atoms with Crippen LogP contribution in [0.3, 0.4) is 0 Å². The van der Waals surface area contributed by atoms with Crippen molar-refractivity contribution in [1.29, 1.82) is 5.26 Å². The van der Waals surface area contributed by atoms with Gasteiger partial charge in [-0.2, -0.15) is 9.57 Å². The molecule has 0 aliphatic carbocycles. The summed E-state index contributed by atoms with van der Waals surface area (Å²) in [6.07, 6.45) is 1.19. The molecule has 0 bridgehead atoms. The molecule has 0 aromatic carbocycles. The van der Waals surface area contributed by atoms with Crippen LogP contribution in [0.15, 0.2) is 23.2 Å². The summed E-state index contributed by atoms with van der Waals surface area (Å²) < 4.78 is 25.5. The van der Waals surface area contributed by atoms with Gasteiger partial charge in [0, 0.05) is 25.8 Å². The molecular weight excluding hydrogens is 240 g/mol. The van der Waals surface area contributed by atoms with Gasteiger partial charge >= 0.3 is 0 Å². The second-order valence-electron chi connectivity index (χ2n) is 3.28. The zero-order valence-electron chi connectivity index (χ0n) is 9.50. The van der Waals surface area contributed by atoms with Gasteiger partial charge in [0.15, 0.2) is 0 Å². The highest BCUT2D eigenvalue weighted by Crippen LogP contribution is 2.14. The van der Waals surface area contributed by atoms with Gasteiger partial charge in [-0.25, -0.2) is 13.4 Å². The zero-order chi connectivity index (χ0) is 12.9. The van der Waals surface area contributed by atoms with Crippen LogP contribution in [0.4, 0.5) is 0 Å². The molecule has 17 heavy (non-hydrogen) atoms. The molecule has 1 rings (SSSR count). The molecule has 7 heteroatoms. The number of nitriles is 1. The minimum atomic E-state index is -3.56. The number of hydrogen-bond donors (Lipinski definition) is 1. The van der Waals surface area contributed by atoms with Gasteiger partial charge in [0.05, 0.1) is 0 Å². The Balaban J connectivity index is 3.08. The zero-order valence-corrected chi connectivity index (χ0v) is 10.3. The molecule has 0 saturated carbocycles. The van der Waals surface area contributed by atoms with Gasteiger partial charge in [-0.15, -0.1) is 0 Å². The standard InChI is InChI=1S/C10H14N4O2S/c1-2-14(6-5-11)17(15,16)10-4-3-9(7-12)13-8-10/h3-4,8H,2,5-6,11H2,1H3. The summed E-state index contributed by atoms with van der Waals surface area (Å²) in [7, 11) is -3.56. The molecule has 0 spiro atoms. The Morgan fingerprint density at radius 3 is 2.65 bits per heavy atom. The predicted octanol–water partition coefficient (Wildman–Crippen LogP) is -0.0774. The second-order valence-corrected chi connectivity index (χ2v) is 5.21. The highest BCUT2D eigenvalue weighted by atomic mass is 32.2. The molecular formula is C10H14N4O2S. The van der Waals surface area contributed by atoms with Crippen LogP contribution in [0.5, 0.6) is 0 Å². The van der Waals surface area contributed by atoms with Crippen molar-refractivity contribution in [3.05, 3.63) is 24.0 Å². The Hall–Kier alpha value is -1.49. The molecule has 2 N–H and O–H groups in total. The van der Waals surface area contributed by atoms with Gasteiger partial charge in [-0.1, -0.05) is 6.92 Å². The molecule has 1 aromatic rings. The van der Waals surface area contributed by atoms with Crippen molar-refractivity contribution in [1.82, 2.24) is 9.29 Å². The Bertz CT molecular complexity index is 504. The third kappa shape index (κ3) is 3.00. The molecule has 0 atom stereocenters. The minimum absolute atomic E-state index is 0.0757. The molecule has 0 unspecified atom stereocenters. The first kappa shape index (κ1) is 13.6. The second kappa shape index (κ2) is 5.72. The quantitative estimate of drug-likeness (QED) is 0.792. The molecule has 0 saturated heterocycles. The van der Waals surface area contributed by atoms with Crippen LogP contribution in [-0.2, 0) is 10.0 Å². The van der Waals surface area contributed by atoms with Crippen LogP contribution in [0.25, 0.3) is 0 Å². The van der Waals surface area contributed by atoms with E-state index >= 15 is 0 Å². The van der Waals surface area contributed by atoms with Crippen molar-refractivity contribution in [2.45, 2.75) is 11.8 Å². The normalized spacial score (nSPS) is 11.4. The van der Waals surface area contributed by atoms with E-state index in [1.54, 1.807) is 6.92 Å². The molecule has 0 amide bonds. The Labute approximate surface area is 101 Å². The van der Waals surface area contributed by atoms with Gasteiger partial charge in [-0.3, -0.25) is 0 Å². The van der Waals surface area contributed by atoms with Crippen LogP contribution in [0, 0.1) is 11.3 Å². The maximum atomic E-state index is 12.1. The predicted molar refractivity (Wildman–Crippen MR) is 62.4 cm³/mol. The van der Waals surface area contributed by atoms with Gasteiger partial charge in [-0.05, 0) is 12.1 Å². The molecule has 6 nitrogen and oxygen atoms in total. The van der Waals surface area contributed by atoms with E-state index in [-0.39, 0.29) is 23.7 Å². The smallest absolute Gasteiger partial charge is 0.244 e. The van der Waals surface area contributed by atoms with E-state index in [9.17, 15) is 8.42 Å². The average Bonchev–Trinajstić information content (AvgIpc) is 2.35. The lowest BCUT2D eigenvalue weighted by Crippen LogP contribution is -2.35. The van der Waals surface area contributed by atoms with Crippen molar-refractivity contribution in [3.8, 4) is 6.07 Å². The monoisotopic (exact) mass is 254 g/mol. The highest BCUT2D eigenvalue weighted by molar-refractivity contribution is 7.89. The number of aromatic nitrogens is 1. The maximum Gasteiger partial charge on any atom is 0.244 e. The van der Waals surface area contributed by atoms with Crippen molar-refractivity contribution in [3.63, 3.8) is 0 Å². The summed E-state index contributed by atoms with van der Waals surface area (Å²) in [6, 6.07) is 4.59. The lowest BCUT2D eigenvalue weighted by Gasteiger charge is -2.19. The fourth-order valence-electron chi connectivity index (χ4n) is 1.34. The third-order valence-corrected chi connectivity index (χ3v) is 4.18. The molecule has 92 valence electrons. The summed E-state index contributed by atoms with van der Waals surface area (Å²) in [5, 5.41) is 8.58. The van der Waals surface area contributed by atoms with E-state index in [0.717, 1.165) is 0 Å². The largest absolute Gasteiger partial charge is 0.329 e. The van der Waals surface area contributed by atoms with E-state index in [2.05, 4.69) is 4.98 Å². The number of sulfonamides is 1. The lowest BCUT2D eigenvalue weighted by atomic mass is 10.4. The van der Waals surface area contributed by atoms with Gasteiger partial charge < -0.3 is 5.73 Å². The summed E-state index contributed by atoms with van der Waals surface area (Å²) >= 11 is 0. The van der Waals surface area contributed by atoms with Crippen molar-refractivity contribution >= 4 is 10.0 Å². The van der Waals surface area contributed by atoms with E-state index < -0.39 is 10.0 Å². The van der Waals surface area contributed by atoms with Crippen LogP contribution in [0.2, 0.25) is 0 Å². The van der Waals surface area contributed by atoms with E-state index in [0.29, 0.717) is 6.54 Å². The van der Waals surface area contributed by atoms with Gasteiger partial charge in [0.2, 0.25) is 10.0 Å². The van der Waals surface area contributed by atoms with Crippen LogP contribution in [-0.4, -0.2) is 37.3 Å². The molecule has 1 aromatic heterocycles. The van der Waals surface area contributed by atoms with E-state index in [1.165, 1.54) is 22.6 Å². The molecule has 0 aliphatic heterocycles. The summed E-state index contributed by atoms with van der Waals surface area (Å²) in [6.45, 7) is 2.61. The summed E-state index contributed by atoms with van der Waals surface area (Å²) in [4.78, 5) is 3.82. The first-order valence-electron chi connectivity index (χ1n) is 5.12. The topological polar surface area (TPSA) is 100 Å². The van der Waals surface area contributed by atoms with Crippen molar-refractivity contribution in [2.75, 3.05) is 19.6 Å². The fourth-order valence-corrected chi connectivity index (χ4v) is 2.75. The number of nitrogens with two attached hydrogens (primary N) is 1. The summed E-state index contributed by atoms with van der Waals surface area (Å²) in [5.74, 6) is 0. The fraction of sp³-hybridized carbons (Fsp3) is 0.400. The number of likely N-dealkylation sites (N-methyl/N-ethyl adjacent to an activating group) is 1. The molecule has 0 radical (unpaired) electrons. The average molecular weight is 254 g/mol. The van der Waals surface area contributed by atoms with E-state index in [1.807, 2.05) is 6.07 Å². The number of nitrogens with zero attached hydrogens (tertiary/aromatic N) is 3. The van der Waals surface area contributed by atoms with Crippen molar-refractivity contribution < 1.29 is 8.42 Å². The highest BCUT2D eigenvalue weighted by Gasteiger charge is 2.22. The van der Waals surface area contributed by atoms with Crippen LogP contribution < -0.4 is 5.73 Å². The third-order valence-electron chi connectivity index (χ3n) is 2.22. The lowest BCUT2D eigenvalue weighted by molar-refractivity contribution is 0.435. The molecule has 0 fully saturated rings. The summed E-state index contributed by atoms with van der Waals surface area (Å²) in [5.41, 5.74) is 5.55. The van der Waals surface area contributed by atoms with Gasteiger partial charge in [0.1, 0.15) is 16.7 Å². The van der Waals surface area contributed by atoms with Crippen molar-refractivity contribution in [2.24, 2.45) is 5.73 Å². The van der Waals surface area contributed by atoms with Crippen LogP contribution >= 0.6 is 0 Å². The number of rotatable bonds is 5. The molecule has 1 heterocycles. The Kier molecular flexibility index (Phi) is 4.57. The van der Waals surface area contributed by atoms with Gasteiger partial charge in [0.25, 0.3) is 0 Å². The number of hydrogen-bond acceptors (Lipinski definition) is 5. The first-order valence-corrected chi connectivity index (χ1v) is 6.56. The van der Waals surface area contributed by atoms with Crippen LogP contribution in [0.1, 0.15) is 12.6 Å². The Morgan fingerprint density at radius 2 is 2.24 bits per heavy atom. The maximum absolute atomic E-state index is 12.1.